The first-order valence-corrected chi connectivity index (χ1v) is 5.83. The molecule has 0 radical (unpaired) electrons. The molecule has 0 aliphatic heterocycles. The van der Waals surface area contributed by atoms with E-state index in [1.807, 2.05) is 0 Å². The van der Waals surface area contributed by atoms with Crippen LogP contribution in [0.4, 0.5) is 0 Å². The summed E-state index contributed by atoms with van der Waals surface area (Å²) < 4.78 is 0. The van der Waals surface area contributed by atoms with Gasteiger partial charge in [0.05, 0.1) is 0 Å². The molecule has 0 aromatic heterocycles. The average molecular weight is 198 g/mol. The zero-order chi connectivity index (χ0) is 10.6. The van der Waals surface area contributed by atoms with Gasteiger partial charge in [-0.05, 0) is 30.6 Å². The molecule has 0 spiro atoms. The number of rotatable bonds is 4. The van der Waals surface area contributed by atoms with Crippen molar-refractivity contribution < 1.29 is 9.90 Å². The maximum absolute atomic E-state index is 10.5. The Morgan fingerprint density at radius 2 is 2.00 bits per heavy atom. The van der Waals surface area contributed by atoms with Crippen molar-refractivity contribution in [1.82, 2.24) is 0 Å². The van der Waals surface area contributed by atoms with Crippen LogP contribution in [0.15, 0.2) is 0 Å². The van der Waals surface area contributed by atoms with Crippen LogP contribution in [0.1, 0.15) is 52.4 Å². The lowest BCUT2D eigenvalue weighted by molar-refractivity contribution is -0.137. The van der Waals surface area contributed by atoms with E-state index in [0.717, 1.165) is 12.3 Å². The van der Waals surface area contributed by atoms with Crippen molar-refractivity contribution in [2.75, 3.05) is 0 Å². The highest BCUT2D eigenvalue weighted by Crippen LogP contribution is 2.37. The summed E-state index contributed by atoms with van der Waals surface area (Å²) in [5, 5.41) is 8.67. The molecule has 1 rings (SSSR count). The fourth-order valence-electron chi connectivity index (χ4n) is 2.78. The molecule has 0 bridgehead atoms. The molecule has 1 N–H and O–H groups in total. The van der Waals surface area contributed by atoms with Gasteiger partial charge in [0.1, 0.15) is 0 Å². The maximum Gasteiger partial charge on any atom is 0.303 e. The van der Waals surface area contributed by atoms with Crippen LogP contribution >= 0.6 is 0 Å². The van der Waals surface area contributed by atoms with Crippen molar-refractivity contribution in [2.45, 2.75) is 52.4 Å². The largest absolute Gasteiger partial charge is 0.481 e. The fourth-order valence-corrected chi connectivity index (χ4v) is 2.78. The van der Waals surface area contributed by atoms with E-state index < -0.39 is 5.97 Å². The van der Waals surface area contributed by atoms with Crippen molar-refractivity contribution in [1.29, 1.82) is 0 Å². The van der Waals surface area contributed by atoms with E-state index >= 15 is 0 Å². The lowest BCUT2D eigenvalue weighted by Gasteiger charge is -2.34. The molecular weight excluding hydrogens is 176 g/mol. The molecule has 0 saturated heterocycles. The number of carboxylic acids is 1. The highest BCUT2D eigenvalue weighted by atomic mass is 16.4. The highest BCUT2D eigenvalue weighted by molar-refractivity contribution is 5.66. The summed E-state index contributed by atoms with van der Waals surface area (Å²) in [4.78, 5) is 10.5. The van der Waals surface area contributed by atoms with Gasteiger partial charge in [0, 0.05) is 6.42 Å². The van der Waals surface area contributed by atoms with Gasteiger partial charge < -0.3 is 5.11 Å². The number of hydrogen-bond donors (Lipinski definition) is 1. The van der Waals surface area contributed by atoms with Crippen molar-refractivity contribution in [2.24, 2.45) is 17.8 Å². The molecule has 2 atom stereocenters. The van der Waals surface area contributed by atoms with E-state index in [0.29, 0.717) is 18.3 Å². The van der Waals surface area contributed by atoms with Crippen molar-refractivity contribution in [3.63, 3.8) is 0 Å². The summed E-state index contributed by atoms with van der Waals surface area (Å²) in [6.45, 7) is 4.54. The number of aliphatic carboxylic acids is 1. The molecule has 0 aromatic carbocycles. The minimum atomic E-state index is -0.641. The Labute approximate surface area is 86.7 Å². The molecule has 2 nitrogen and oxygen atoms in total. The molecule has 2 unspecified atom stereocenters. The summed E-state index contributed by atoms with van der Waals surface area (Å²) >= 11 is 0. The minimum absolute atomic E-state index is 0.355. The number of hydrogen-bond acceptors (Lipinski definition) is 1. The van der Waals surface area contributed by atoms with E-state index in [2.05, 4.69) is 13.8 Å². The minimum Gasteiger partial charge on any atom is -0.481 e. The molecular formula is C12H22O2. The topological polar surface area (TPSA) is 37.3 Å². The van der Waals surface area contributed by atoms with E-state index in [4.69, 9.17) is 5.11 Å². The summed E-state index contributed by atoms with van der Waals surface area (Å²) in [6.07, 6.45) is 6.43. The van der Waals surface area contributed by atoms with Crippen LogP contribution in [0.5, 0.6) is 0 Å². The lowest BCUT2D eigenvalue weighted by Crippen LogP contribution is -2.24. The van der Waals surface area contributed by atoms with Gasteiger partial charge >= 0.3 is 5.97 Å². The van der Waals surface area contributed by atoms with Gasteiger partial charge in [0.25, 0.3) is 0 Å². The van der Waals surface area contributed by atoms with Gasteiger partial charge in [-0.1, -0.05) is 33.1 Å². The Bertz CT molecular complexity index is 187. The molecule has 1 aliphatic carbocycles. The van der Waals surface area contributed by atoms with E-state index in [-0.39, 0.29) is 0 Å². The molecule has 2 heteroatoms. The van der Waals surface area contributed by atoms with Crippen LogP contribution in [0, 0.1) is 17.8 Å². The molecule has 82 valence electrons. The van der Waals surface area contributed by atoms with Crippen molar-refractivity contribution >= 4 is 5.97 Å². The Hall–Kier alpha value is -0.530. The van der Waals surface area contributed by atoms with E-state index in [1.54, 1.807) is 0 Å². The summed E-state index contributed by atoms with van der Waals surface area (Å²) in [5.74, 6) is 1.51. The molecule has 1 fully saturated rings. The molecule has 0 heterocycles. The first kappa shape index (κ1) is 11.5. The first-order chi connectivity index (χ1) is 6.61. The third kappa shape index (κ3) is 3.32. The van der Waals surface area contributed by atoms with Crippen LogP contribution in [0.3, 0.4) is 0 Å². The third-order valence-electron chi connectivity index (χ3n) is 3.55. The van der Waals surface area contributed by atoms with Crippen LogP contribution in [-0.2, 0) is 4.79 Å². The Morgan fingerprint density at radius 1 is 1.36 bits per heavy atom. The monoisotopic (exact) mass is 198 g/mol. The van der Waals surface area contributed by atoms with Crippen molar-refractivity contribution in [3.8, 4) is 0 Å². The van der Waals surface area contributed by atoms with Gasteiger partial charge in [-0.25, -0.2) is 0 Å². The SMILES string of the molecule is CC(C)C1CCCCC1CCC(=O)O. The number of carbonyl (C=O) groups is 1. The second-order valence-electron chi connectivity index (χ2n) is 4.88. The average Bonchev–Trinajstić information content (AvgIpc) is 2.15. The second-order valence-corrected chi connectivity index (χ2v) is 4.88. The molecule has 14 heavy (non-hydrogen) atoms. The zero-order valence-corrected chi connectivity index (χ0v) is 9.33. The normalized spacial score (nSPS) is 27.9. The van der Waals surface area contributed by atoms with Gasteiger partial charge in [-0.3, -0.25) is 4.79 Å². The maximum atomic E-state index is 10.5. The smallest absolute Gasteiger partial charge is 0.303 e. The van der Waals surface area contributed by atoms with Gasteiger partial charge in [-0.15, -0.1) is 0 Å². The van der Waals surface area contributed by atoms with Crippen molar-refractivity contribution in [3.05, 3.63) is 0 Å². The fraction of sp³-hybridized carbons (Fsp3) is 0.917. The zero-order valence-electron chi connectivity index (χ0n) is 9.33. The summed E-state index contributed by atoms with van der Waals surface area (Å²) in [7, 11) is 0. The predicted molar refractivity (Wildman–Crippen MR) is 57.2 cm³/mol. The predicted octanol–water partition coefficient (Wildman–Crippen LogP) is 3.31. The highest BCUT2D eigenvalue weighted by Gasteiger charge is 2.27. The van der Waals surface area contributed by atoms with Crippen LogP contribution in [-0.4, -0.2) is 11.1 Å². The van der Waals surface area contributed by atoms with E-state index in [1.165, 1.54) is 25.7 Å². The number of carboxylic acid groups (broad SMARTS) is 1. The van der Waals surface area contributed by atoms with Gasteiger partial charge in [0.2, 0.25) is 0 Å². The quantitative estimate of drug-likeness (QED) is 0.752. The lowest BCUT2D eigenvalue weighted by atomic mass is 9.72. The van der Waals surface area contributed by atoms with Crippen LogP contribution < -0.4 is 0 Å². The summed E-state index contributed by atoms with van der Waals surface area (Å²) in [5.41, 5.74) is 0. The second kappa shape index (κ2) is 5.38. The Kier molecular flexibility index (Phi) is 4.43. The van der Waals surface area contributed by atoms with Gasteiger partial charge in [-0.2, -0.15) is 0 Å². The first-order valence-electron chi connectivity index (χ1n) is 5.83. The molecule has 0 amide bonds. The van der Waals surface area contributed by atoms with Crippen LogP contribution in [0.2, 0.25) is 0 Å². The van der Waals surface area contributed by atoms with Crippen LogP contribution in [0.25, 0.3) is 0 Å². The molecule has 0 aromatic rings. The third-order valence-corrected chi connectivity index (χ3v) is 3.55. The summed E-state index contributed by atoms with van der Waals surface area (Å²) in [6, 6.07) is 0. The Morgan fingerprint density at radius 3 is 2.57 bits per heavy atom. The molecule has 1 aliphatic rings. The van der Waals surface area contributed by atoms with E-state index in [9.17, 15) is 4.79 Å². The standard InChI is InChI=1S/C12H22O2/c1-9(2)11-6-4-3-5-10(11)7-8-12(13)14/h9-11H,3-8H2,1-2H3,(H,13,14). The Balaban J connectivity index is 2.41. The molecule has 1 saturated carbocycles. The van der Waals surface area contributed by atoms with Gasteiger partial charge in [0.15, 0.2) is 0 Å².